The van der Waals surface area contributed by atoms with Crippen molar-refractivity contribution in [2.45, 2.75) is 19.1 Å². The van der Waals surface area contributed by atoms with Crippen molar-refractivity contribution in [3.63, 3.8) is 0 Å². The van der Waals surface area contributed by atoms with Gasteiger partial charge in [0.25, 0.3) is 0 Å². The molecule has 0 fully saturated rings. The Morgan fingerprint density at radius 1 is 1.06 bits per heavy atom. The number of ether oxygens (including phenoxy) is 1. The molecule has 0 unspecified atom stereocenters. The molecule has 4 rings (SSSR count). The van der Waals surface area contributed by atoms with Crippen molar-refractivity contribution in [3.8, 4) is 5.88 Å². The quantitative estimate of drug-likeness (QED) is 0.352. The van der Waals surface area contributed by atoms with Crippen LogP contribution in [-0.2, 0) is 19.1 Å². The average Bonchev–Trinajstić information content (AvgIpc) is 3.16. The van der Waals surface area contributed by atoms with E-state index < -0.39 is 17.8 Å². The van der Waals surface area contributed by atoms with Gasteiger partial charge in [-0.25, -0.2) is 15.0 Å². The minimum absolute atomic E-state index is 0.147. The van der Waals surface area contributed by atoms with E-state index in [2.05, 4.69) is 30.2 Å². The van der Waals surface area contributed by atoms with Crippen LogP contribution >= 0.6 is 0 Å². The molecule has 2 N–H and O–H groups in total. The van der Waals surface area contributed by atoms with E-state index in [1.54, 1.807) is 18.3 Å². The number of hydrogen-bond acceptors (Lipinski definition) is 6. The number of pyridine rings is 2. The third kappa shape index (κ3) is 4.39. The summed E-state index contributed by atoms with van der Waals surface area (Å²) in [6, 6.07) is 5.39. The molecule has 0 aliphatic heterocycles. The van der Waals surface area contributed by atoms with Crippen LogP contribution in [0.25, 0.3) is 11.0 Å². The number of methoxy groups -OCH3 is 1. The van der Waals surface area contributed by atoms with Gasteiger partial charge >= 0.3 is 6.18 Å². The number of aromatic nitrogens is 5. The van der Waals surface area contributed by atoms with E-state index in [0.717, 1.165) is 17.8 Å². The number of fused-ring (bicyclic) bond motifs is 1. The number of anilines is 1. The first-order valence-corrected chi connectivity index (χ1v) is 9.11. The van der Waals surface area contributed by atoms with E-state index in [1.165, 1.54) is 19.5 Å². The van der Waals surface area contributed by atoms with Gasteiger partial charge in [-0.15, -0.1) is 0 Å². The van der Waals surface area contributed by atoms with Gasteiger partial charge in [0.1, 0.15) is 23.5 Å². The Bertz CT molecular complexity index is 1210. The van der Waals surface area contributed by atoms with Crippen LogP contribution < -0.4 is 10.1 Å². The predicted octanol–water partition coefficient (Wildman–Crippen LogP) is 4.12. The summed E-state index contributed by atoms with van der Waals surface area (Å²) in [6.45, 7) is 0.147. The van der Waals surface area contributed by atoms with Crippen LogP contribution in [0.1, 0.15) is 22.4 Å². The normalized spacial score (nSPS) is 11.6. The van der Waals surface area contributed by atoms with Gasteiger partial charge < -0.3 is 15.0 Å². The fraction of sp³-hybridized carbons (Fsp3) is 0.200. The SMILES string of the molecule is COc1ncnc2[nH]cc(Cc3ccc(NCc4ccc(C(F)(F)F)nc4)nc3F)c12. The van der Waals surface area contributed by atoms with Crippen molar-refractivity contribution in [3.05, 3.63) is 71.3 Å². The molecule has 0 aromatic carbocycles. The highest BCUT2D eigenvalue weighted by atomic mass is 19.4. The van der Waals surface area contributed by atoms with Crippen LogP contribution in [0, 0.1) is 5.95 Å². The standard InChI is InChI=1S/C20H16F4N6O/c1-31-19-16-13(9-27-18(16)28-10-29-19)6-12-3-5-15(30-17(12)21)26-8-11-2-4-14(25-7-11)20(22,23)24/h2-5,7,9-10H,6,8H2,1H3,(H,26,30)(H,27,28,29). The number of H-pyrrole nitrogens is 1. The second-order valence-corrected chi connectivity index (χ2v) is 6.65. The Labute approximate surface area is 173 Å². The fourth-order valence-electron chi connectivity index (χ4n) is 3.08. The monoisotopic (exact) mass is 432 g/mol. The molecular formula is C20H16F4N6O. The maximum Gasteiger partial charge on any atom is 0.433 e. The summed E-state index contributed by atoms with van der Waals surface area (Å²) < 4.78 is 57.5. The highest BCUT2D eigenvalue weighted by Gasteiger charge is 2.31. The zero-order chi connectivity index (χ0) is 22.0. The first-order valence-electron chi connectivity index (χ1n) is 9.11. The van der Waals surface area contributed by atoms with Gasteiger partial charge in [0, 0.05) is 30.9 Å². The van der Waals surface area contributed by atoms with Crippen LogP contribution in [0.2, 0.25) is 0 Å². The number of alkyl halides is 3. The summed E-state index contributed by atoms with van der Waals surface area (Å²) in [4.78, 5) is 18.5. The number of halogens is 4. The molecule has 0 aliphatic rings. The largest absolute Gasteiger partial charge is 0.480 e. The van der Waals surface area contributed by atoms with Crippen LogP contribution in [-0.4, -0.2) is 32.0 Å². The molecule has 0 atom stereocenters. The van der Waals surface area contributed by atoms with Crippen molar-refractivity contribution in [1.29, 1.82) is 0 Å². The Morgan fingerprint density at radius 3 is 2.58 bits per heavy atom. The third-order valence-corrected chi connectivity index (χ3v) is 4.61. The lowest BCUT2D eigenvalue weighted by atomic mass is 10.1. The van der Waals surface area contributed by atoms with Crippen molar-refractivity contribution < 1.29 is 22.3 Å². The number of rotatable bonds is 6. The zero-order valence-corrected chi connectivity index (χ0v) is 16.2. The highest BCUT2D eigenvalue weighted by Crippen LogP contribution is 2.28. The molecule has 7 nitrogen and oxygen atoms in total. The Kier molecular flexibility index (Phi) is 5.40. The van der Waals surface area contributed by atoms with Crippen molar-refractivity contribution in [2.24, 2.45) is 0 Å². The van der Waals surface area contributed by atoms with Crippen molar-refractivity contribution >= 4 is 16.9 Å². The summed E-state index contributed by atoms with van der Waals surface area (Å²) in [5.41, 5.74) is 1.23. The lowest BCUT2D eigenvalue weighted by Crippen LogP contribution is -2.09. The van der Waals surface area contributed by atoms with E-state index in [0.29, 0.717) is 28.0 Å². The minimum Gasteiger partial charge on any atom is -0.480 e. The molecule has 0 saturated carbocycles. The summed E-state index contributed by atoms with van der Waals surface area (Å²) in [5.74, 6) is -0.0280. The van der Waals surface area contributed by atoms with Crippen LogP contribution in [0.5, 0.6) is 5.88 Å². The lowest BCUT2D eigenvalue weighted by Gasteiger charge is -2.09. The van der Waals surface area contributed by atoms with Gasteiger partial charge in [-0.05, 0) is 23.3 Å². The van der Waals surface area contributed by atoms with Gasteiger partial charge in [-0.2, -0.15) is 17.6 Å². The Hall–Kier alpha value is -3.76. The van der Waals surface area contributed by atoms with E-state index >= 15 is 0 Å². The minimum atomic E-state index is -4.49. The fourth-order valence-corrected chi connectivity index (χ4v) is 3.08. The zero-order valence-electron chi connectivity index (χ0n) is 16.2. The molecule has 4 aromatic rings. The Balaban J connectivity index is 1.46. The third-order valence-electron chi connectivity index (χ3n) is 4.61. The molecule has 0 radical (unpaired) electrons. The molecule has 31 heavy (non-hydrogen) atoms. The molecule has 11 heteroatoms. The van der Waals surface area contributed by atoms with Crippen molar-refractivity contribution in [2.75, 3.05) is 12.4 Å². The van der Waals surface area contributed by atoms with E-state index in [-0.39, 0.29) is 18.8 Å². The predicted molar refractivity (Wildman–Crippen MR) is 104 cm³/mol. The molecule has 0 aliphatic carbocycles. The molecule has 160 valence electrons. The highest BCUT2D eigenvalue weighted by molar-refractivity contribution is 5.85. The van der Waals surface area contributed by atoms with Gasteiger partial charge in [-0.1, -0.05) is 12.1 Å². The smallest absolute Gasteiger partial charge is 0.433 e. The van der Waals surface area contributed by atoms with E-state index in [4.69, 9.17) is 4.74 Å². The van der Waals surface area contributed by atoms with Gasteiger partial charge in [0.2, 0.25) is 11.8 Å². The number of hydrogen-bond donors (Lipinski definition) is 2. The average molecular weight is 432 g/mol. The van der Waals surface area contributed by atoms with E-state index in [9.17, 15) is 17.6 Å². The van der Waals surface area contributed by atoms with Gasteiger partial charge in [-0.3, -0.25) is 4.98 Å². The number of nitrogens with one attached hydrogen (secondary N) is 2. The molecule has 0 bridgehead atoms. The van der Waals surface area contributed by atoms with Crippen LogP contribution in [0.15, 0.2) is 43.0 Å². The number of nitrogens with zero attached hydrogens (tertiary/aromatic N) is 4. The summed E-state index contributed by atoms with van der Waals surface area (Å²) in [6.07, 6.45) is -0.0482. The summed E-state index contributed by atoms with van der Waals surface area (Å²) >= 11 is 0. The first kappa shape index (κ1) is 20.5. The first-order chi connectivity index (χ1) is 14.8. The summed E-state index contributed by atoms with van der Waals surface area (Å²) in [5, 5.41) is 3.54. The van der Waals surface area contributed by atoms with Crippen LogP contribution in [0.4, 0.5) is 23.4 Å². The lowest BCUT2D eigenvalue weighted by molar-refractivity contribution is -0.141. The number of aromatic amines is 1. The molecular weight excluding hydrogens is 416 g/mol. The van der Waals surface area contributed by atoms with Gasteiger partial charge in [0.05, 0.1) is 12.5 Å². The molecule has 0 spiro atoms. The molecule has 4 heterocycles. The maximum atomic E-state index is 14.6. The topological polar surface area (TPSA) is 88.6 Å². The van der Waals surface area contributed by atoms with Crippen LogP contribution in [0.3, 0.4) is 0 Å². The maximum absolute atomic E-state index is 14.6. The second kappa shape index (κ2) is 8.17. The van der Waals surface area contributed by atoms with Gasteiger partial charge in [0.15, 0.2) is 0 Å². The Morgan fingerprint density at radius 2 is 1.90 bits per heavy atom. The molecule has 4 aromatic heterocycles. The molecule has 0 amide bonds. The summed E-state index contributed by atoms with van der Waals surface area (Å²) in [7, 11) is 1.49. The second-order valence-electron chi connectivity index (χ2n) is 6.65. The van der Waals surface area contributed by atoms with E-state index in [1.807, 2.05) is 0 Å². The molecule has 0 saturated heterocycles. The van der Waals surface area contributed by atoms with Crippen molar-refractivity contribution in [1.82, 2.24) is 24.9 Å².